The van der Waals surface area contributed by atoms with Gasteiger partial charge in [-0.05, 0) is 44.5 Å². The minimum absolute atomic E-state index is 0.225. The second-order valence-corrected chi connectivity index (χ2v) is 6.75. The number of nitrogens with zero attached hydrogens (tertiary/aromatic N) is 2. The number of anilines is 1. The predicted molar refractivity (Wildman–Crippen MR) is 86.7 cm³/mol. The maximum Gasteiger partial charge on any atom is 0.196 e. The fourth-order valence-electron chi connectivity index (χ4n) is 2.73. The fourth-order valence-corrected chi connectivity index (χ4v) is 3.72. The summed E-state index contributed by atoms with van der Waals surface area (Å²) < 4.78 is 0. The van der Waals surface area contributed by atoms with Crippen molar-refractivity contribution in [1.29, 1.82) is 0 Å². The molecular formula is C16H19N3S. The number of benzene rings is 1. The smallest absolute Gasteiger partial charge is 0.196 e. The van der Waals surface area contributed by atoms with E-state index in [2.05, 4.69) is 61.0 Å². The fraction of sp³-hybridized carbons (Fsp3) is 0.312. The van der Waals surface area contributed by atoms with Crippen LogP contribution in [-0.4, -0.2) is 12.5 Å². The normalized spacial score (nSPS) is 18.4. The van der Waals surface area contributed by atoms with Gasteiger partial charge in [0.15, 0.2) is 5.96 Å². The van der Waals surface area contributed by atoms with Crippen LogP contribution in [0.3, 0.4) is 0 Å². The van der Waals surface area contributed by atoms with Crippen LogP contribution in [0.4, 0.5) is 5.69 Å². The van der Waals surface area contributed by atoms with Gasteiger partial charge >= 0.3 is 0 Å². The lowest BCUT2D eigenvalue weighted by Gasteiger charge is -2.26. The Kier molecular flexibility index (Phi) is 3.26. The summed E-state index contributed by atoms with van der Waals surface area (Å²) in [4.78, 5) is 9.29. The molecule has 4 heteroatoms. The van der Waals surface area contributed by atoms with E-state index < -0.39 is 0 Å². The molecule has 2 heterocycles. The Labute approximate surface area is 123 Å². The van der Waals surface area contributed by atoms with Gasteiger partial charge in [-0.1, -0.05) is 17.7 Å². The molecule has 1 aliphatic rings. The Hall–Kier alpha value is -1.81. The topological polar surface area (TPSA) is 41.6 Å². The van der Waals surface area contributed by atoms with E-state index in [0.717, 1.165) is 12.2 Å². The van der Waals surface area contributed by atoms with E-state index in [1.807, 2.05) is 11.3 Å². The summed E-state index contributed by atoms with van der Waals surface area (Å²) in [6, 6.07) is 10.9. The molecule has 0 aliphatic carbocycles. The van der Waals surface area contributed by atoms with Gasteiger partial charge in [0.1, 0.15) is 0 Å². The van der Waals surface area contributed by atoms with E-state index in [1.165, 1.54) is 20.9 Å². The summed E-state index contributed by atoms with van der Waals surface area (Å²) in [5.41, 5.74) is 9.82. The second-order valence-electron chi connectivity index (χ2n) is 5.29. The minimum Gasteiger partial charge on any atom is -0.369 e. The molecule has 0 radical (unpaired) electrons. The number of aryl methyl sites for hydroxylation is 3. The maximum atomic E-state index is 6.11. The van der Waals surface area contributed by atoms with Crippen molar-refractivity contribution >= 4 is 23.0 Å². The third-order valence-electron chi connectivity index (χ3n) is 3.74. The van der Waals surface area contributed by atoms with Crippen molar-refractivity contribution in [2.75, 3.05) is 11.4 Å². The molecule has 0 spiro atoms. The average molecular weight is 285 g/mol. The van der Waals surface area contributed by atoms with E-state index in [-0.39, 0.29) is 6.04 Å². The van der Waals surface area contributed by atoms with Crippen molar-refractivity contribution in [2.24, 2.45) is 10.7 Å². The Bertz CT molecular complexity index is 655. The largest absolute Gasteiger partial charge is 0.369 e. The third kappa shape index (κ3) is 2.20. The molecule has 3 rings (SSSR count). The van der Waals surface area contributed by atoms with Crippen molar-refractivity contribution in [3.05, 3.63) is 51.2 Å². The first-order valence-electron chi connectivity index (χ1n) is 6.79. The minimum atomic E-state index is 0.225. The van der Waals surface area contributed by atoms with Gasteiger partial charge in [0.25, 0.3) is 0 Å². The van der Waals surface area contributed by atoms with Gasteiger partial charge in [0.05, 0.1) is 12.6 Å². The molecular weight excluding hydrogens is 266 g/mol. The lowest BCUT2D eigenvalue weighted by atomic mass is 10.1. The first-order valence-corrected chi connectivity index (χ1v) is 7.60. The summed E-state index contributed by atoms with van der Waals surface area (Å²) in [7, 11) is 0. The number of thiophene rings is 1. The summed E-state index contributed by atoms with van der Waals surface area (Å²) in [6.45, 7) is 7.15. The van der Waals surface area contributed by atoms with Crippen LogP contribution in [0.2, 0.25) is 0 Å². The van der Waals surface area contributed by atoms with Crippen molar-refractivity contribution in [1.82, 2.24) is 0 Å². The summed E-state index contributed by atoms with van der Waals surface area (Å²) >= 11 is 1.84. The number of aliphatic imine (C=N–C) groups is 1. The van der Waals surface area contributed by atoms with Crippen molar-refractivity contribution in [2.45, 2.75) is 26.8 Å². The van der Waals surface area contributed by atoms with Crippen molar-refractivity contribution in [3.63, 3.8) is 0 Å². The third-order valence-corrected chi connectivity index (χ3v) is 4.72. The quantitative estimate of drug-likeness (QED) is 0.917. The van der Waals surface area contributed by atoms with Crippen LogP contribution in [0, 0.1) is 20.8 Å². The average Bonchev–Trinajstić information content (AvgIpc) is 2.93. The van der Waals surface area contributed by atoms with Gasteiger partial charge in [-0.3, -0.25) is 4.99 Å². The first kappa shape index (κ1) is 13.2. The summed E-state index contributed by atoms with van der Waals surface area (Å²) in [5, 5.41) is 0. The summed E-state index contributed by atoms with van der Waals surface area (Å²) in [5.74, 6) is 0.613. The summed E-state index contributed by atoms with van der Waals surface area (Å²) in [6.07, 6.45) is 0. The monoisotopic (exact) mass is 285 g/mol. The van der Waals surface area contributed by atoms with E-state index in [1.54, 1.807) is 0 Å². The van der Waals surface area contributed by atoms with Crippen LogP contribution in [-0.2, 0) is 0 Å². The SMILES string of the molecule is Cc1ccc(N2C(N)=NCC2c2cc(C)sc2C)cc1. The lowest BCUT2D eigenvalue weighted by Crippen LogP contribution is -2.36. The molecule has 20 heavy (non-hydrogen) atoms. The molecule has 0 fully saturated rings. The molecule has 1 aromatic heterocycles. The van der Waals surface area contributed by atoms with Crippen LogP contribution in [0.25, 0.3) is 0 Å². The van der Waals surface area contributed by atoms with E-state index in [4.69, 9.17) is 5.73 Å². The molecule has 104 valence electrons. The van der Waals surface area contributed by atoms with Gasteiger partial charge in [-0.25, -0.2) is 0 Å². The first-order chi connectivity index (χ1) is 9.56. The Morgan fingerprint density at radius 3 is 2.50 bits per heavy atom. The molecule has 1 aromatic carbocycles. The van der Waals surface area contributed by atoms with Gasteiger partial charge in [-0.15, -0.1) is 11.3 Å². The number of hydrogen-bond acceptors (Lipinski definition) is 4. The zero-order valence-corrected chi connectivity index (χ0v) is 12.9. The van der Waals surface area contributed by atoms with Crippen LogP contribution in [0.15, 0.2) is 35.3 Å². The van der Waals surface area contributed by atoms with Crippen LogP contribution >= 0.6 is 11.3 Å². The second kappa shape index (κ2) is 4.94. The molecule has 0 amide bonds. The Balaban J connectivity index is 2.00. The van der Waals surface area contributed by atoms with Gasteiger partial charge in [-0.2, -0.15) is 0 Å². The molecule has 2 aromatic rings. The molecule has 1 aliphatic heterocycles. The number of hydrogen-bond donors (Lipinski definition) is 1. The van der Waals surface area contributed by atoms with Crippen molar-refractivity contribution in [3.8, 4) is 0 Å². The Morgan fingerprint density at radius 2 is 1.90 bits per heavy atom. The van der Waals surface area contributed by atoms with Gasteiger partial charge < -0.3 is 10.6 Å². The van der Waals surface area contributed by atoms with Gasteiger partial charge in [0.2, 0.25) is 0 Å². The number of guanidine groups is 1. The highest BCUT2D eigenvalue weighted by Crippen LogP contribution is 2.35. The zero-order chi connectivity index (χ0) is 14.3. The van der Waals surface area contributed by atoms with E-state index >= 15 is 0 Å². The Morgan fingerprint density at radius 1 is 1.20 bits per heavy atom. The standard InChI is InChI=1S/C16H19N3S/c1-10-4-6-13(7-5-10)19-15(9-18-16(19)17)14-8-11(2)20-12(14)3/h4-8,15H,9H2,1-3H3,(H2,17,18). The van der Waals surface area contributed by atoms with Crippen LogP contribution in [0.5, 0.6) is 0 Å². The highest BCUT2D eigenvalue weighted by atomic mass is 32.1. The molecule has 1 unspecified atom stereocenters. The number of nitrogens with two attached hydrogens (primary N) is 1. The maximum absolute atomic E-state index is 6.11. The van der Waals surface area contributed by atoms with Gasteiger partial charge in [0, 0.05) is 15.4 Å². The highest BCUT2D eigenvalue weighted by molar-refractivity contribution is 7.12. The molecule has 0 saturated carbocycles. The zero-order valence-electron chi connectivity index (χ0n) is 12.1. The van der Waals surface area contributed by atoms with Crippen molar-refractivity contribution < 1.29 is 0 Å². The predicted octanol–water partition coefficient (Wildman–Crippen LogP) is 3.55. The number of rotatable bonds is 2. The highest BCUT2D eigenvalue weighted by Gasteiger charge is 2.30. The molecule has 2 N–H and O–H groups in total. The lowest BCUT2D eigenvalue weighted by molar-refractivity contribution is 0.767. The molecule has 1 atom stereocenters. The van der Waals surface area contributed by atoms with Crippen LogP contribution < -0.4 is 10.6 Å². The molecule has 0 saturated heterocycles. The molecule has 3 nitrogen and oxygen atoms in total. The molecule has 0 bridgehead atoms. The van der Waals surface area contributed by atoms with E-state index in [9.17, 15) is 0 Å². The van der Waals surface area contributed by atoms with Crippen LogP contribution in [0.1, 0.15) is 26.9 Å². The van der Waals surface area contributed by atoms with E-state index in [0.29, 0.717) is 5.96 Å².